The molecule has 0 aromatic heterocycles. The third-order valence-electron chi connectivity index (χ3n) is 3.22. The summed E-state index contributed by atoms with van der Waals surface area (Å²) in [5, 5.41) is 2.83. The molecule has 0 bridgehead atoms. The summed E-state index contributed by atoms with van der Waals surface area (Å²) in [5.41, 5.74) is 1.08. The van der Waals surface area contributed by atoms with Crippen molar-refractivity contribution in [3.63, 3.8) is 0 Å². The highest BCUT2D eigenvalue weighted by Crippen LogP contribution is 2.21. The number of unbranched alkanes of at least 4 members (excludes halogenated alkanes) is 1. The summed E-state index contributed by atoms with van der Waals surface area (Å²) < 4.78 is 0. The second-order valence-corrected chi connectivity index (χ2v) is 4.46. The number of fused-ring (bicyclic) bond motifs is 1. The molecule has 90 valence electrons. The van der Waals surface area contributed by atoms with Crippen LogP contribution in [0.3, 0.4) is 0 Å². The summed E-state index contributed by atoms with van der Waals surface area (Å²) in [7, 11) is 0. The van der Waals surface area contributed by atoms with Crippen molar-refractivity contribution in [2.75, 3.05) is 6.54 Å². The van der Waals surface area contributed by atoms with Gasteiger partial charge in [-0.3, -0.25) is 9.59 Å². The van der Waals surface area contributed by atoms with E-state index in [-0.39, 0.29) is 17.6 Å². The highest BCUT2D eigenvalue weighted by atomic mass is 16.2. The van der Waals surface area contributed by atoms with Crippen molar-refractivity contribution in [3.05, 3.63) is 35.4 Å². The highest BCUT2D eigenvalue weighted by Gasteiger charge is 2.27. The Labute approximate surface area is 101 Å². The fraction of sp³-hybridized carbons (Fsp3) is 0.429. The van der Waals surface area contributed by atoms with Crippen LogP contribution >= 0.6 is 0 Å². The number of benzene rings is 1. The van der Waals surface area contributed by atoms with Crippen molar-refractivity contribution in [3.8, 4) is 0 Å². The molecule has 3 heteroatoms. The topological polar surface area (TPSA) is 46.2 Å². The first kappa shape index (κ1) is 11.8. The Bertz CT molecular complexity index is 440. The first-order valence-electron chi connectivity index (χ1n) is 6.15. The number of nitrogens with one attached hydrogen (secondary N) is 1. The number of carbonyl (C=O) groups excluding carboxylic acids is 2. The van der Waals surface area contributed by atoms with Crippen molar-refractivity contribution in [1.82, 2.24) is 5.32 Å². The van der Waals surface area contributed by atoms with Crippen LogP contribution in [0.2, 0.25) is 0 Å². The predicted octanol–water partition coefficient (Wildman–Crippen LogP) is 2.42. The fourth-order valence-corrected chi connectivity index (χ4v) is 2.20. The fourth-order valence-electron chi connectivity index (χ4n) is 2.20. The normalized spacial score (nSPS) is 19.5. The molecular formula is C14H17NO2. The minimum Gasteiger partial charge on any atom is -0.351 e. The molecule has 17 heavy (non-hydrogen) atoms. The zero-order chi connectivity index (χ0) is 12.3. The minimum atomic E-state index is -0.132. The molecule has 2 rings (SSSR count). The van der Waals surface area contributed by atoms with E-state index in [0.717, 1.165) is 19.3 Å². The lowest BCUT2D eigenvalue weighted by atomic mass is 9.92. The highest BCUT2D eigenvalue weighted by molar-refractivity contribution is 6.10. The number of Topliss-reactive ketones (excluding diaryl/α,β-unsaturated/α-hetero) is 1. The molecular weight excluding hydrogens is 214 g/mol. The van der Waals surface area contributed by atoms with Crippen molar-refractivity contribution < 1.29 is 9.59 Å². The predicted molar refractivity (Wildman–Crippen MR) is 66.1 cm³/mol. The first-order chi connectivity index (χ1) is 8.24. The SMILES string of the molecule is CCCCC1CNC(=O)c2ccccc2C1=O. The molecule has 1 aliphatic rings. The maximum Gasteiger partial charge on any atom is 0.252 e. The molecule has 0 fully saturated rings. The molecule has 1 unspecified atom stereocenters. The standard InChI is InChI=1S/C14H17NO2/c1-2-3-6-10-9-15-14(17)12-8-5-4-7-11(12)13(10)16/h4-5,7-8,10H,2-3,6,9H2,1H3,(H,15,17). The van der Waals surface area contributed by atoms with Gasteiger partial charge in [-0.25, -0.2) is 0 Å². The third kappa shape index (κ3) is 2.38. The lowest BCUT2D eigenvalue weighted by molar-refractivity contribution is 0.0910. The lowest BCUT2D eigenvalue weighted by Crippen LogP contribution is -2.28. The molecule has 3 nitrogen and oxygen atoms in total. The molecule has 1 atom stereocenters. The maximum atomic E-state index is 12.3. The van der Waals surface area contributed by atoms with Crippen molar-refractivity contribution in [2.45, 2.75) is 26.2 Å². The molecule has 1 aliphatic heterocycles. The molecule has 0 saturated carbocycles. The van der Waals surface area contributed by atoms with E-state index in [1.165, 1.54) is 0 Å². The third-order valence-corrected chi connectivity index (χ3v) is 3.22. The average molecular weight is 231 g/mol. The van der Waals surface area contributed by atoms with Gasteiger partial charge in [0.05, 0.1) is 5.56 Å². The Balaban J connectivity index is 2.30. The van der Waals surface area contributed by atoms with Crippen LogP contribution in [0.25, 0.3) is 0 Å². The van der Waals surface area contributed by atoms with E-state index >= 15 is 0 Å². The summed E-state index contributed by atoms with van der Waals surface area (Å²) in [6, 6.07) is 7.07. The molecule has 0 aliphatic carbocycles. The van der Waals surface area contributed by atoms with Crippen molar-refractivity contribution in [1.29, 1.82) is 0 Å². The van der Waals surface area contributed by atoms with Gasteiger partial charge in [-0.2, -0.15) is 0 Å². The second-order valence-electron chi connectivity index (χ2n) is 4.46. The lowest BCUT2D eigenvalue weighted by Gasteiger charge is -2.12. The molecule has 0 radical (unpaired) electrons. The number of hydrogen-bond donors (Lipinski definition) is 1. The van der Waals surface area contributed by atoms with E-state index in [1.54, 1.807) is 18.2 Å². The second kappa shape index (κ2) is 5.13. The Kier molecular flexibility index (Phi) is 3.57. The van der Waals surface area contributed by atoms with Crippen LogP contribution in [0, 0.1) is 5.92 Å². The van der Waals surface area contributed by atoms with Gasteiger partial charge in [0.2, 0.25) is 0 Å². The smallest absolute Gasteiger partial charge is 0.252 e. The van der Waals surface area contributed by atoms with E-state index in [9.17, 15) is 9.59 Å². The van der Waals surface area contributed by atoms with E-state index in [0.29, 0.717) is 17.7 Å². The van der Waals surface area contributed by atoms with Gasteiger partial charge < -0.3 is 5.32 Å². The Morgan fingerprint density at radius 1 is 1.24 bits per heavy atom. The van der Waals surface area contributed by atoms with Gasteiger partial charge in [-0.1, -0.05) is 38.0 Å². The quantitative estimate of drug-likeness (QED) is 0.868. The molecule has 1 N–H and O–H groups in total. The van der Waals surface area contributed by atoms with E-state index in [2.05, 4.69) is 12.2 Å². The molecule has 0 spiro atoms. The number of carbonyl (C=O) groups is 2. The summed E-state index contributed by atoms with van der Waals surface area (Å²) in [4.78, 5) is 24.1. The molecule has 1 aromatic carbocycles. The maximum absolute atomic E-state index is 12.3. The van der Waals surface area contributed by atoms with Gasteiger partial charge in [-0.15, -0.1) is 0 Å². The Morgan fingerprint density at radius 2 is 1.94 bits per heavy atom. The van der Waals surface area contributed by atoms with Gasteiger partial charge in [0.15, 0.2) is 5.78 Å². The number of hydrogen-bond acceptors (Lipinski definition) is 2. The van der Waals surface area contributed by atoms with Crippen LogP contribution in [0.1, 0.15) is 46.9 Å². The number of ketones is 1. The number of rotatable bonds is 3. The summed E-state index contributed by atoms with van der Waals surface area (Å²) in [5.74, 6) is -0.0945. The summed E-state index contributed by atoms with van der Waals surface area (Å²) in [6.07, 6.45) is 2.94. The first-order valence-corrected chi connectivity index (χ1v) is 6.15. The zero-order valence-electron chi connectivity index (χ0n) is 10.0. The van der Waals surface area contributed by atoms with E-state index < -0.39 is 0 Å². The van der Waals surface area contributed by atoms with Gasteiger partial charge >= 0.3 is 0 Å². The van der Waals surface area contributed by atoms with Crippen LogP contribution in [-0.2, 0) is 0 Å². The van der Waals surface area contributed by atoms with Crippen LogP contribution < -0.4 is 5.32 Å². The van der Waals surface area contributed by atoms with Crippen LogP contribution in [0.5, 0.6) is 0 Å². The van der Waals surface area contributed by atoms with E-state index in [1.807, 2.05) is 6.07 Å². The molecule has 1 aromatic rings. The molecule has 1 amide bonds. The van der Waals surface area contributed by atoms with Crippen LogP contribution in [-0.4, -0.2) is 18.2 Å². The summed E-state index contributed by atoms with van der Waals surface area (Å²) in [6.45, 7) is 2.57. The summed E-state index contributed by atoms with van der Waals surface area (Å²) >= 11 is 0. The Hall–Kier alpha value is -1.64. The van der Waals surface area contributed by atoms with Gasteiger partial charge in [0.25, 0.3) is 5.91 Å². The van der Waals surface area contributed by atoms with E-state index in [4.69, 9.17) is 0 Å². The van der Waals surface area contributed by atoms with Crippen molar-refractivity contribution >= 4 is 11.7 Å². The largest absolute Gasteiger partial charge is 0.351 e. The zero-order valence-corrected chi connectivity index (χ0v) is 10.0. The average Bonchev–Trinajstić information content (AvgIpc) is 2.48. The van der Waals surface area contributed by atoms with Gasteiger partial charge in [-0.05, 0) is 12.5 Å². The van der Waals surface area contributed by atoms with Crippen LogP contribution in [0.15, 0.2) is 24.3 Å². The van der Waals surface area contributed by atoms with Gasteiger partial charge in [0, 0.05) is 18.0 Å². The van der Waals surface area contributed by atoms with Gasteiger partial charge in [0.1, 0.15) is 0 Å². The van der Waals surface area contributed by atoms with Crippen LogP contribution in [0.4, 0.5) is 0 Å². The molecule has 0 saturated heterocycles. The monoisotopic (exact) mass is 231 g/mol. The molecule has 1 heterocycles. The number of amides is 1. The van der Waals surface area contributed by atoms with Crippen molar-refractivity contribution in [2.24, 2.45) is 5.92 Å². The Morgan fingerprint density at radius 3 is 2.65 bits per heavy atom. The minimum absolute atomic E-state index is 0.0671.